The van der Waals surface area contributed by atoms with E-state index in [1.807, 2.05) is 37.3 Å². The van der Waals surface area contributed by atoms with E-state index >= 15 is 0 Å². The lowest BCUT2D eigenvalue weighted by Crippen LogP contribution is -2.02. The number of aromatic amines is 1. The molecular formula is C16H16N8. The molecule has 0 atom stereocenters. The summed E-state index contributed by atoms with van der Waals surface area (Å²) in [6.45, 7) is 6.06. The lowest BCUT2D eigenvalue weighted by atomic mass is 10.1. The second kappa shape index (κ2) is 5.48. The fourth-order valence-corrected chi connectivity index (χ4v) is 2.55. The zero-order chi connectivity index (χ0) is 16.7. The minimum atomic E-state index is 0.220. The van der Waals surface area contributed by atoms with Gasteiger partial charge in [-0.2, -0.15) is 25.0 Å². The van der Waals surface area contributed by atoms with E-state index in [4.69, 9.17) is 0 Å². The summed E-state index contributed by atoms with van der Waals surface area (Å²) in [4.78, 5) is 4.52. The molecule has 0 fully saturated rings. The zero-order valence-corrected chi connectivity index (χ0v) is 13.6. The Morgan fingerprint density at radius 1 is 0.958 bits per heavy atom. The summed E-state index contributed by atoms with van der Waals surface area (Å²) < 4.78 is 1.75. The van der Waals surface area contributed by atoms with Gasteiger partial charge >= 0.3 is 0 Å². The normalized spacial score (nSPS) is 11.5. The number of hydrogen-bond acceptors (Lipinski definition) is 6. The standard InChI is InChI=1S/C16H16N8/c1-9(2)16-21-18-13-8-7-12(22-24(13)16)15-14(19-23-20-15)11-6-4-5-10(3)17-11/h4-9H,1-3H3,(H,19,20,23). The van der Waals surface area contributed by atoms with Gasteiger partial charge in [-0.15, -0.1) is 10.2 Å². The number of nitrogens with zero attached hydrogens (tertiary/aromatic N) is 7. The van der Waals surface area contributed by atoms with E-state index in [9.17, 15) is 0 Å². The average molecular weight is 320 g/mol. The SMILES string of the molecule is Cc1cccc(-c2n[nH]nc2-c2ccc3nnc(C(C)C)n3n2)n1. The van der Waals surface area contributed by atoms with Crippen LogP contribution in [0.5, 0.6) is 0 Å². The molecule has 0 aromatic carbocycles. The third kappa shape index (κ3) is 2.32. The van der Waals surface area contributed by atoms with E-state index in [1.165, 1.54) is 0 Å². The highest BCUT2D eigenvalue weighted by Gasteiger charge is 2.17. The van der Waals surface area contributed by atoms with E-state index < -0.39 is 0 Å². The van der Waals surface area contributed by atoms with Crippen LogP contribution in [0.4, 0.5) is 0 Å². The van der Waals surface area contributed by atoms with Gasteiger partial charge in [-0.1, -0.05) is 19.9 Å². The Hall–Kier alpha value is -3.16. The number of aromatic nitrogens is 8. The highest BCUT2D eigenvalue weighted by atomic mass is 15.4. The van der Waals surface area contributed by atoms with Crippen LogP contribution in [-0.2, 0) is 0 Å². The summed E-state index contributed by atoms with van der Waals surface area (Å²) in [5.74, 6) is 1.03. The first kappa shape index (κ1) is 14.4. The Balaban J connectivity index is 1.87. The predicted octanol–water partition coefficient (Wildman–Crippen LogP) is 2.40. The molecule has 120 valence electrons. The number of aryl methyl sites for hydroxylation is 1. The number of fused-ring (bicyclic) bond motifs is 1. The van der Waals surface area contributed by atoms with Crippen molar-refractivity contribution < 1.29 is 0 Å². The molecule has 8 heteroatoms. The molecule has 4 aromatic rings. The van der Waals surface area contributed by atoms with Crippen molar-refractivity contribution >= 4 is 5.65 Å². The summed E-state index contributed by atoms with van der Waals surface area (Å²) in [6.07, 6.45) is 0. The van der Waals surface area contributed by atoms with Gasteiger partial charge in [0.05, 0.1) is 5.69 Å². The molecule has 8 nitrogen and oxygen atoms in total. The Bertz CT molecular complexity index is 1010. The minimum Gasteiger partial charge on any atom is -0.251 e. The molecule has 0 aliphatic carbocycles. The maximum Gasteiger partial charge on any atom is 0.177 e. The van der Waals surface area contributed by atoms with Crippen LogP contribution in [0.3, 0.4) is 0 Å². The summed E-state index contributed by atoms with van der Waals surface area (Å²) >= 11 is 0. The topological polar surface area (TPSA) is 97.5 Å². The van der Waals surface area contributed by atoms with Crippen LogP contribution < -0.4 is 0 Å². The summed E-state index contributed by atoms with van der Waals surface area (Å²) in [5, 5.41) is 24.2. The van der Waals surface area contributed by atoms with Crippen molar-refractivity contribution in [3.05, 3.63) is 41.9 Å². The fourth-order valence-electron chi connectivity index (χ4n) is 2.55. The highest BCUT2D eigenvalue weighted by molar-refractivity contribution is 5.73. The Morgan fingerprint density at radius 3 is 2.50 bits per heavy atom. The smallest absolute Gasteiger partial charge is 0.177 e. The van der Waals surface area contributed by atoms with Gasteiger partial charge in [-0.25, -0.2) is 0 Å². The number of H-pyrrole nitrogens is 1. The Kier molecular flexibility index (Phi) is 3.30. The van der Waals surface area contributed by atoms with E-state index in [-0.39, 0.29) is 5.92 Å². The lowest BCUT2D eigenvalue weighted by Gasteiger charge is -2.04. The lowest BCUT2D eigenvalue weighted by molar-refractivity contribution is 0.722. The first-order valence-corrected chi connectivity index (χ1v) is 7.71. The highest BCUT2D eigenvalue weighted by Crippen LogP contribution is 2.26. The Labute approximate surface area is 138 Å². The zero-order valence-electron chi connectivity index (χ0n) is 13.6. The van der Waals surface area contributed by atoms with Crippen LogP contribution in [-0.4, -0.2) is 40.2 Å². The van der Waals surface area contributed by atoms with Crippen molar-refractivity contribution in [3.8, 4) is 22.8 Å². The summed E-state index contributed by atoms with van der Waals surface area (Å²) in [7, 11) is 0. The van der Waals surface area contributed by atoms with Crippen molar-refractivity contribution in [2.45, 2.75) is 26.7 Å². The van der Waals surface area contributed by atoms with Crippen molar-refractivity contribution in [3.63, 3.8) is 0 Å². The van der Waals surface area contributed by atoms with Gasteiger partial charge in [0, 0.05) is 11.6 Å². The molecule has 0 aliphatic rings. The number of rotatable bonds is 3. The van der Waals surface area contributed by atoms with Crippen LogP contribution in [0.2, 0.25) is 0 Å². The van der Waals surface area contributed by atoms with Crippen molar-refractivity contribution in [2.24, 2.45) is 0 Å². The Morgan fingerprint density at radius 2 is 1.75 bits per heavy atom. The van der Waals surface area contributed by atoms with Crippen molar-refractivity contribution in [1.29, 1.82) is 0 Å². The van der Waals surface area contributed by atoms with Gasteiger partial charge in [0.2, 0.25) is 0 Å². The van der Waals surface area contributed by atoms with Crippen LogP contribution in [0.15, 0.2) is 30.3 Å². The average Bonchev–Trinajstić information content (AvgIpc) is 3.21. The van der Waals surface area contributed by atoms with Gasteiger partial charge in [-0.3, -0.25) is 4.98 Å². The number of hydrogen-bond donors (Lipinski definition) is 1. The molecule has 0 spiro atoms. The quantitative estimate of drug-likeness (QED) is 0.622. The number of pyridine rings is 1. The van der Waals surface area contributed by atoms with Crippen LogP contribution in [0, 0.1) is 6.92 Å². The summed E-state index contributed by atoms with van der Waals surface area (Å²) in [5.41, 5.74) is 4.40. The number of nitrogens with one attached hydrogen (secondary N) is 1. The van der Waals surface area contributed by atoms with E-state index in [1.54, 1.807) is 4.52 Å². The molecule has 0 unspecified atom stereocenters. The second-order valence-electron chi connectivity index (χ2n) is 5.89. The molecule has 1 N–H and O–H groups in total. The molecular weight excluding hydrogens is 304 g/mol. The van der Waals surface area contributed by atoms with Gasteiger partial charge in [0.1, 0.15) is 17.1 Å². The molecule has 24 heavy (non-hydrogen) atoms. The second-order valence-corrected chi connectivity index (χ2v) is 5.89. The van der Waals surface area contributed by atoms with Crippen molar-refractivity contribution in [2.75, 3.05) is 0 Å². The van der Waals surface area contributed by atoms with Gasteiger partial charge in [0.25, 0.3) is 0 Å². The van der Waals surface area contributed by atoms with E-state index in [2.05, 4.69) is 49.5 Å². The molecule has 0 saturated carbocycles. The first-order chi connectivity index (χ1) is 11.6. The van der Waals surface area contributed by atoms with E-state index in [0.717, 1.165) is 17.2 Å². The van der Waals surface area contributed by atoms with Gasteiger partial charge < -0.3 is 0 Å². The van der Waals surface area contributed by atoms with Gasteiger partial charge in [0.15, 0.2) is 11.5 Å². The molecule has 4 aromatic heterocycles. The molecule has 4 heterocycles. The largest absolute Gasteiger partial charge is 0.251 e. The molecule has 0 saturated heterocycles. The molecule has 0 radical (unpaired) electrons. The first-order valence-electron chi connectivity index (χ1n) is 7.71. The molecule has 0 amide bonds. The minimum absolute atomic E-state index is 0.220. The third-order valence-electron chi connectivity index (χ3n) is 3.72. The predicted molar refractivity (Wildman–Crippen MR) is 88.2 cm³/mol. The van der Waals surface area contributed by atoms with E-state index in [0.29, 0.717) is 22.7 Å². The maximum atomic E-state index is 4.65. The van der Waals surface area contributed by atoms with Crippen LogP contribution in [0.1, 0.15) is 31.3 Å². The third-order valence-corrected chi connectivity index (χ3v) is 3.72. The van der Waals surface area contributed by atoms with Crippen LogP contribution >= 0.6 is 0 Å². The molecule has 4 rings (SSSR count). The maximum absolute atomic E-state index is 4.65. The molecule has 0 aliphatic heterocycles. The molecule has 0 bridgehead atoms. The monoisotopic (exact) mass is 320 g/mol. The van der Waals surface area contributed by atoms with Crippen LogP contribution in [0.25, 0.3) is 28.4 Å². The van der Waals surface area contributed by atoms with Crippen molar-refractivity contribution in [1.82, 2.24) is 40.2 Å². The van der Waals surface area contributed by atoms with Gasteiger partial charge in [-0.05, 0) is 31.2 Å². The summed E-state index contributed by atoms with van der Waals surface area (Å²) in [6, 6.07) is 9.54. The fraction of sp³-hybridized carbons (Fsp3) is 0.250.